The van der Waals surface area contributed by atoms with Crippen LogP contribution in [0.1, 0.15) is 30.1 Å². The maximum Gasteiger partial charge on any atom is 0.251 e. The van der Waals surface area contributed by atoms with Gasteiger partial charge in [-0.3, -0.25) is 4.79 Å². The third-order valence-corrected chi connectivity index (χ3v) is 3.46. The Morgan fingerprint density at radius 3 is 2.94 bits per heavy atom. The average molecular weight is 269 g/mol. The summed E-state index contributed by atoms with van der Waals surface area (Å²) in [5, 5.41) is 3.45. The Labute approximate surface area is 111 Å². The first-order valence-electron chi connectivity index (χ1n) is 5.95. The number of benzene rings is 1. The van der Waals surface area contributed by atoms with Crippen molar-refractivity contribution in [2.75, 3.05) is 18.9 Å². The van der Waals surface area contributed by atoms with Crippen LogP contribution < -0.4 is 11.1 Å². The summed E-state index contributed by atoms with van der Waals surface area (Å²) >= 11 is 5.83. The minimum Gasteiger partial charge on any atom is -0.398 e. The highest BCUT2D eigenvalue weighted by Crippen LogP contribution is 2.22. The minimum absolute atomic E-state index is 0.147. The van der Waals surface area contributed by atoms with Crippen molar-refractivity contribution < 1.29 is 9.53 Å². The van der Waals surface area contributed by atoms with Gasteiger partial charge in [0.15, 0.2) is 0 Å². The molecule has 1 aromatic rings. The summed E-state index contributed by atoms with van der Waals surface area (Å²) in [6, 6.07) is 4.89. The number of nitrogen functional groups attached to an aromatic ring is 1. The Balaban J connectivity index is 2.09. The van der Waals surface area contributed by atoms with Gasteiger partial charge in [-0.25, -0.2) is 0 Å². The first-order chi connectivity index (χ1) is 8.50. The van der Waals surface area contributed by atoms with E-state index in [-0.39, 0.29) is 11.4 Å². The molecule has 1 aliphatic rings. The van der Waals surface area contributed by atoms with E-state index in [1.54, 1.807) is 18.2 Å². The summed E-state index contributed by atoms with van der Waals surface area (Å²) in [7, 11) is 0. The second-order valence-electron chi connectivity index (χ2n) is 4.91. The van der Waals surface area contributed by atoms with Gasteiger partial charge in [-0.1, -0.05) is 11.6 Å². The molecule has 1 saturated heterocycles. The van der Waals surface area contributed by atoms with Gasteiger partial charge >= 0.3 is 0 Å². The molecule has 1 heterocycles. The molecule has 0 aromatic heterocycles. The van der Waals surface area contributed by atoms with Crippen molar-refractivity contribution in [2.45, 2.75) is 25.3 Å². The van der Waals surface area contributed by atoms with Crippen molar-refractivity contribution in [1.29, 1.82) is 0 Å². The fraction of sp³-hybridized carbons (Fsp3) is 0.462. The van der Waals surface area contributed by atoms with Crippen molar-refractivity contribution >= 4 is 23.2 Å². The van der Waals surface area contributed by atoms with E-state index in [2.05, 4.69) is 5.32 Å². The summed E-state index contributed by atoms with van der Waals surface area (Å²) in [6.45, 7) is 3.30. The molecule has 0 spiro atoms. The smallest absolute Gasteiger partial charge is 0.251 e. The number of rotatable bonds is 2. The van der Waals surface area contributed by atoms with Crippen molar-refractivity contribution in [3.63, 3.8) is 0 Å². The largest absolute Gasteiger partial charge is 0.398 e. The maximum atomic E-state index is 12.1. The van der Waals surface area contributed by atoms with Gasteiger partial charge in [0.25, 0.3) is 5.91 Å². The van der Waals surface area contributed by atoms with Crippen LogP contribution in [0.25, 0.3) is 0 Å². The van der Waals surface area contributed by atoms with Gasteiger partial charge in [0.2, 0.25) is 0 Å². The summed E-state index contributed by atoms with van der Waals surface area (Å²) in [6.07, 6.45) is 1.88. The highest BCUT2D eigenvalue weighted by atomic mass is 35.5. The molecular weight excluding hydrogens is 252 g/mol. The molecule has 18 heavy (non-hydrogen) atoms. The normalized spacial score (nSPS) is 23.7. The molecule has 3 N–H and O–H groups in total. The van der Waals surface area contributed by atoms with E-state index in [1.807, 2.05) is 6.92 Å². The lowest BCUT2D eigenvalue weighted by Crippen LogP contribution is -2.51. The lowest BCUT2D eigenvalue weighted by molar-refractivity contribution is 0.0272. The predicted molar refractivity (Wildman–Crippen MR) is 71.8 cm³/mol. The topological polar surface area (TPSA) is 64.4 Å². The second kappa shape index (κ2) is 5.16. The predicted octanol–water partition coefficient (Wildman–Crippen LogP) is 2.22. The molecule has 98 valence electrons. The molecule has 1 unspecified atom stereocenters. The second-order valence-corrected chi connectivity index (χ2v) is 5.31. The van der Waals surface area contributed by atoms with Gasteiger partial charge in [0.1, 0.15) is 0 Å². The number of hydrogen-bond acceptors (Lipinski definition) is 3. The minimum atomic E-state index is -0.302. The molecule has 4 nitrogen and oxygen atoms in total. The highest BCUT2D eigenvalue weighted by molar-refractivity contribution is 6.33. The first-order valence-corrected chi connectivity index (χ1v) is 6.33. The van der Waals surface area contributed by atoms with Gasteiger partial charge < -0.3 is 15.8 Å². The van der Waals surface area contributed by atoms with Crippen LogP contribution in [0.15, 0.2) is 18.2 Å². The fourth-order valence-corrected chi connectivity index (χ4v) is 2.18. The maximum absolute atomic E-state index is 12.1. The zero-order valence-electron chi connectivity index (χ0n) is 10.3. The number of nitrogens with two attached hydrogens (primary N) is 1. The van der Waals surface area contributed by atoms with Crippen molar-refractivity contribution in [3.8, 4) is 0 Å². The SMILES string of the molecule is CC1(NC(=O)c2ccc(Cl)c(N)c2)CCCOC1. The number of nitrogens with one attached hydrogen (secondary N) is 1. The van der Waals surface area contributed by atoms with Crippen LogP contribution in [0.5, 0.6) is 0 Å². The van der Waals surface area contributed by atoms with Gasteiger partial charge in [-0.05, 0) is 38.0 Å². The Morgan fingerprint density at radius 2 is 2.33 bits per heavy atom. The van der Waals surface area contributed by atoms with Crippen LogP contribution in [0.3, 0.4) is 0 Å². The van der Waals surface area contributed by atoms with Crippen LogP contribution in [-0.2, 0) is 4.74 Å². The van der Waals surface area contributed by atoms with Gasteiger partial charge in [0, 0.05) is 12.2 Å². The average Bonchev–Trinajstić information content (AvgIpc) is 2.33. The number of carbonyl (C=O) groups is 1. The number of anilines is 1. The van der Waals surface area contributed by atoms with Crippen molar-refractivity contribution in [3.05, 3.63) is 28.8 Å². The third kappa shape index (κ3) is 2.94. The van der Waals surface area contributed by atoms with Crippen LogP contribution in [-0.4, -0.2) is 24.7 Å². The summed E-state index contributed by atoms with van der Waals surface area (Å²) in [5.41, 5.74) is 6.31. The lowest BCUT2D eigenvalue weighted by Gasteiger charge is -2.34. The number of halogens is 1. The van der Waals surface area contributed by atoms with Crippen LogP contribution in [0.4, 0.5) is 5.69 Å². The van der Waals surface area contributed by atoms with E-state index < -0.39 is 0 Å². The van der Waals surface area contributed by atoms with E-state index in [1.165, 1.54) is 0 Å². The fourth-order valence-electron chi connectivity index (χ4n) is 2.06. The van der Waals surface area contributed by atoms with Crippen molar-refractivity contribution in [1.82, 2.24) is 5.32 Å². The van der Waals surface area contributed by atoms with E-state index in [4.69, 9.17) is 22.1 Å². The third-order valence-electron chi connectivity index (χ3n) is 3.11. The monoisotopic (exact) mass is 268 g/mol. The molecule has 0 saturated carbocycles. The quantitative estimate of drug-likeness (QED) is 0.809. The van der Waals surface area contributed by atoms with Crippen molar-refractivity contribution in [2.24, 2.45) is 0 Å². The molecule has 0 radical (unpaired) electrons. The molecule has 0 bridgehead atoms. The lowest BCUT2D eigenvalue weighted by atomic mass is 9.94. The first kappa shape index (κ1) is 13.2. The Hall–Kier alpha value is -1.26. The molecular formula is C13H17ClN2O2. The van der Waals surface area contributed by atoms with E-state index in [0.29, 0.717) is 22.9 Å². The molecule has 1 aliphatic heterocycles. The molecule has 2 rings (SSSR count). The molecule has 1 aromatic carbocycles. The van der Waals surface area contributed by atoms with Gasteiger partial charge in [0.05, 0.1) is 22.9 Å². The van der Waals surface area contributed by atoms with E-state index in [9.17, 15) is 4.79 Å². The summed E-state index contributed by atoms with van der Waals surface area (Å²) in [5.74, 6) is -0.147. The Bertz CT molecular complexity index is 456. The molecule has 0 aliphatic carbocycles. The van der Waals surface area contributed by atoms with E-state index in [0.717, 1.165) is 19.4 Å². The molecule has 1 amide bonds. The molecule has 1 fully saturated rings. The number of hydrogen-bond donors (Lipinski definition) is 2. The standard InChI is InChI=1S/C13H17ClN2O2/c1-13(5-2-6-18-8-13)16-12(17)9-3-4-10(14)11(15)7-9/h3-4,7H,2,5-6,8,15H2,1H3,(H,16,17). The zero-order valence-corrected chi connectivity index (χ0v) is 11.1. The Morgan fingerprint density at radius 1 is 1.56 bits per heavy atom. The number of amides is 1. The van der Waals surface area contributed by atoms with Crippen LogP contribution in [0, 0.1) is 0 Å². The molecule has 1 atom stereocenters. The number of ether oxygens (including phenoxy) is 1. The van der Waals surface area contributed by atoms with Gasteiger partial charge in [-0.2, -0.15) is 0 Å². The zero-order chi connectivity index (χ0) is 13.2. The number of carbonyl (C=O) groups excluding carboxylic acids is 1. The van der Waals surface area contributed by atoms with E-state index >= 15 is 0 Å². The van der Waals surface area contributed by atoms with Gasteiger partial charge in [-0.15, -0.1) is 0 Å². The summed E-state index contributed by atoms with van der Waals surface area (Å²) in [4.78, 5) is 12.1. The van der Waals surface area contributed by atoms with Crippen LogP contribution >= 0.6 is 11.6 Å². The molecule has 5 heteroatoms. The van der Waals surface area contributed by atoms with Crippen LogP contribution in [0.2, 0.25) is 5.02 Å². The Kier molecular flexibility index (Phi) is 3.78. The summed E-state index contributed by atoms with van der Waals surface area (Å²) < 4.78 is 5.40. The highest BCUT2D eigenvalue weighted by Gasteiger charge is 2.29.